The number of carbonyl (C=O) groups excluding carboxylic acids is 1. The van der Waals surface area contributed by atoms with Crippen molar-refractivity contribution in [2.45, 2.75) is 10.8 Å². The van der Waals surface area contributed by atoms with E-state index in [1.54, 1.807) is 24.3 Å². The molecule has 1 amide bonds. The van der Waals surface area contributed by atoms with Crippen molar-refractivity contribution in [3.05, 3.63) is 45.4 Å². The number of aromatic nitrogens is 1. The van der Waals surface area contributed by atoms with E-state index in [0.717, 1.165) is 32.8 Å². The van der Waals surface area contributed by atoms with E-state index in [4.69, 9.17) is 16.7 Å². The van der Waals surface area contributed by atoms with E-state index in [0.29, 0.717) is 10.0 Å². The molecule has 1 N–H and O–H groups in total. The van der Waals surface area contributed by atoms with Crippen LogP contribution in [-0.4, -0.2) is 59.2 Å². The van der Waals surface area contributed by atoms with Gasteiger partial charge >= 0.3 is 5.97 Å². The molecular formula is C17H14ClN3O5S3. The molecule has 152 valence electrons. The Hall–Kier alpha value is -2.05. The molecule has 8 nitrogen and oxygen atoms in total. The molecule has 0 aliphatic carbocycles. The molecule has 0 unspecified atom stereocenters. The molecule has 12 heteroatoms. The fraction of sp³-hybridized carbons (Fsp3) is 0.235. The number of carboxylic acid groups (broad SMARTS) is 1. The number of aromatic carboxylic acids is 1. The van der Waals surface area contributed by atoms with E-state index in [9.17, 15) is 18.0 Å². The number of hydrogen-bond donors (Lipinski definition) is 1. The van der Waals surface area contributed by atoms with Crippen molar-refractivity contribution in [2.24, 2.45) is 0 Å². The van der Waals surface area contributed by atoms with Gasteiger partial charge < -0.3 is 10.0 Å². The van der Waals surface area contributed by atoms with E-state index >= 15 is 0 Å². The highest BCUT2D eigenvalue weighted by atomic mass is 35.5. The number of thiazole rings is 1. The fourth-order valence-corrected chi connectivity index (χ4v) is 6.93. The number of hydrogen-bond acceptors (Lipinski definition) is 7. The number of benzene rings is 1. The number of fused-ring (bicyclic) bond motifs is 1. The van der Waals surface area contributed by atoms with Crippen LogP contribution < -0.4 is 0 Å². The van der Waals surface area contributed by atoms with Gasteiger partial charge in [-0.05, 0) is 23.6 Å². The summed E-state index contributed by atoms with van der Waals surface area (Å²) >= 11 is 8.24. The van der Waals surface area contributed by atoms with E-state index in [2.05, 4.69) is 4.98 Å². The lowest BCUT2D eigenvalue weighted by atomic mass is 10.3. The Morgan fingerprint density at radius 2 is 2.07 bits per heavy atom. The molecule has 0 atom stereocenters. The Balaban J connectivity index is 1.49. The Labute approximate surface area is 179 Å². The van der Waals surface area contributed by atoms with Gasteiger partial charge in [-0.25, -0.2) is 18.2 Å². The van der Waals surface area contributed by atoms with Crippen LogP contribution in [0.2, 0.25) is 5.02 Å². The number of rotatable bonds is 5. The van der Waals surface area contributed by atoms with Crippen molar-refractivity contribution in [3.8, 4) is 0 Å². The molecule has 3 heterocycles. The lowest BCUT2D eigenvalue weighted by Gasteiger charge is -2.32. The minimum absolute atomic E-state index is 0.0662. The Kier molecular flexibility index (Phi) is 5.34. The highest BCUT2D eigenvalue weighted by molar-refractivity contribution is 7.91. The van der Waals surface area contributed by atoms with Crippen molar-refractivity contribution in [3.63, 3.8) is 0 Å². The minimum atomic E-state index is -3.80. The summed E-state index contributed by atoms with van der Waals surface area (Å²) in [4.78, 5) is 28.9. The monoisotopic (exact) mass is 471 g/mol. The van der Waals surface area contributed by atoms with Gasteiger partial charge in [-0.3, -0.25) is 4.79 Å². The van der Waals surface area contributed by atoms with Gasteiger partial charge in [0.15, 0.2) is 5.69 Å². The normalized spacial score (nSPS) is 15.9. The van der Waals surface area contributed by atoms with Crippen molar-refractivity contribution in [1.82, 2.24) is 14.2 Å². The maximum absolute atomic E-state index is 13.0. The molecule has 29 heavy (non-hydrogen) atoms. The third kappa shape index (κ3) is 4.01. The predicted octanol–water partition coefficient (Wildman–Crippen LogP) is 2.74. The predicted molar refractivity (Wildman–Crippen MR) is 110 cm³/mol. The third-order valence-electron chi connectivity index (χ3n) is 4.43. The standard InChI is InChI=1S/C17H14ClN3O5S3/c18-11-2-1-10-5-16(28-13(10)6-11)29(25,26)21-4-3-20(15(22)8-21)7-14-19-12(9-27-14)17(23)24/h1-2,5-6,9H,3-4,7-8H2,(H,23,24). The van der Waals surface area contributed by atoms with Gasteiger partial charge in [0.1, 0.15) is 9.22 Å². The maximum Gasteiger partial charge on any atom is 0.355 e. The van der Waals surface area contributed by atoms with Crippen LogP contribution in [0.5, 0.6) is 0 Å². The molecule has 1 fully saturated rings. The molecule has 0 bridgehead atoms. The summed E-state index contributed by atoms with van der Waals surface area (Å²) < 4.78 is 28.1. The molecule has 1 aliphatic rings. The average molecular weight is 472 g/mol. The van der Waals surface area contributed by atoms with Crippen LogP contribution in [0.1, 0.15) is 15.5 Å². The number of thiophene rings is 1. The third-order valence-corrected chi connectivity index (χ3v) is 8.90. The van der Waals surface area contributed by atoms with E-state index < -0.39 is 16.0 Å². The smallest absolute Gasteiger partial charge is 0.355 e. The summed E-state index contributed by atoms with van der Waals surface area (Å²) in [6.07, 6.45) is 0. The van der Waals surface area contributed by atoms with Crippen molar-refractivity contribution in [2.75, 3.05) is 19.6 Å². The number of halogens is 1. The number of piperazine rings is 1. The summed E-state index contributed by atoms with van der Waals surface area (Å²) in [7, 11) is -3.80. The lowest BCUT2D eigenvalue weighted by molar-refractivity contribution is -0.134. The van der Waals surface area contributed by atoms with Gasteiger partial charge in [0, 0.05) is 28.2 Å². The number of carboxylic acids is 1. The molecule has 1 aliphatic heterocycles. The van der Waals surface area contributed by atoms with Gasteiger partial charge in [-0.1, -0.05) is 17.7 Å². The first kappa shape index (κ1) is 20.2. The average Bonchev–Trinajstić information content (AvgIpc) is 3.30. The van der Waals surface area contributed by atoms with Crippen molar-refractivity contribution >= 4 is 66.3 Å². The van der Waals surface area contributed by atoms with Crippen LogP contribution >= 0.6 is 34.3 Å². The summed E-state index contributed by atoms with van der Waals surface area (Å²) in [6.45, 7) is 0.248. The number of nitrogens with zero attached hydrogens (tertiary/aromatic N) is 3. The quantitative estimate of drug-likeness (QED) is 0.613. The van der Waals surface area contributed by atoms with Crippen LogP contribution in [-0.2, 0) is 21.4 Å². The Morgan fingerprint density at radius 1 is 1.28 bits per heavy atom. The maximum atomic E-state index is 13.0. The highest BCUT2D eigenvalue weighted by Gasteiger charge is 2.34. The number of amides is 1. The number of carbonyl (C=O) groups is 2. The zero-order valence-corrected chi connectivity index (χ0v) is 17.9. The molecule has 3 aromatic rings. The zero-order valence-electron chi connectivity index (χ0n) is 14.7. The summed E-state index contributed by atoms with van der Waals surface area (Å²) in [5.74, 6) is -1.48. The molecular weight excluding hydrogens is 458 g/mol. The first-order chi connectivity index (χ1) is 13.7. The molecule has 4 rings (SSSR count). The van der Waals surface area contributed by atoms with Gasteiger partial charge in [0.05, 0.1) is 13.1 Å². The van der Waals surface area contributed by atoms with Crippen LogP contribution in [0.4, 0.5) is 0 Å². The summed E-state index contributed by atoms with van der Waals surface area (Å²) in [5.41, 5.74) is -0.0662. The van der Waals surface area contributed by atoms with E-state index in [-0.39, 0.29) is 42.0 Å². The first-order valence-electron chi connectivity index (χ1n) is 8.39. The Morgan fingerprint density at radius 3 is 2.76 bits per heavy atom. The molecule has 1 aromatic carbocycles. The fourth-order valence-electron chi connectivity index (χ4n) is 2.94. The lowest BCUT2D eigenvalue weighted by Crippen LogP contribution is -2.51. The van der Waals surface area contributed by atoms with Crippen LogP contribution in [0.15, 0.2) is 33.9 Å². The Bertz CT molecular complexity index is 1220. The first-order valence-corrected chi connectivity index (χ1v) is 11.9. The van der Waals surface area contributed by atoms with Gasteiger partial charge in [0.25, 0.3) is 10.0 Å². The highest BCUT2D eigenvalue weighted by Crippen LogP contribution is 2.33. The second kappa shape index (κ2) is 7.65. The van der Waals surface area contributed by atoms with Gasteiger partial charge in [0.2, 0.25) is 5.91 Å². The van der Waals surface area contributed by atoms with Crippen LogP contribution in [0.25, 0.3) is 10.1 Å². The largest absolute Gasteiger partial charge is 0.476 e. The van der Waals surface area contributed by atoms with E-state index in [1.165, 1.54) is 14.6 Å². The molecule has 0 radical (unpaired) electrons. The van der Waals surface area contributed by atoms with Gasteiger partial charge in [-0.15, -0.1) is 22.7 Å². The molecule has 0 spiro atoms. The van der Waals surface area contributed by atoms with Gasteiger partial charge in [-0.2, -0.15) is 4.31 Å². The van der Waals surface area contributed by atoms with Crippen molar-refractivity contribution in [1.29, 1.82) is 0 Å². The molecule has 2 aromatic heterocycles. The second-order valence-corrected chi connectivity index (χ2v) is 11.0. The molecule has 1 saturated heterocycles. The molecule has 0 saturated carbocycles. The number of sulfonamides is 1. The summed E-state index contributed by atoms with van der Waals surface area (Å²) in [6, 6.07) is 6.76. The van der Waals surface area contributed by atoms with Crippen LogP contribution in [0, 0.1) is 0 Å². The van der Waals surface area contributed by atoms with E-state index in [1.807, 2.05) is 0 Å². The minimum Gasteiger partial charge on any atom is -0.476 e. The topological polar surface area (TPSA) is 108 Å². The van der Waals surface area contributed by atoms with Crippen LogP contribution in [0.3, 0.4) is 0 Å². The zero-order chi connectivity index (χ0) is 20.8. The summed E-state index contributed by atoms with van der Waals surface area (Å²) in [5, 5.41) is 12.2. The SMILES string of the molecule is O=C(O)c1csc(CN2CCN(S(=O)(=O)c3cc4ccc(Cl)cc4s3)CC2=O)n1. The van der Waals surface area contributed by atoms with Crippen molar-refractivity contribution < 1.29 is 23.1 Å². The second-order valence-electron chi connectivity index (χ2n) is 6.33.